The maximum Gasteiger partial charge on any atom is 0.309 e. The fourth-order valence-corrected chi connectivity index (χ4v) is 2.01. The number of aliphatic carboxylic acids is 1. The highest BCUT2D eigenvalue weighted by atomic mass is 16.4. The minimum Gasteiger partial charge on any atom is -0.481 e. The highest BCUT2D eigenvalue weighted by Gasteiger charge is 2.39. The van der Waals surface area contributed by atoms with Gasteiger partial charge in [0.25, 0.3) is 0 Å². The van der Waals surface area contributed by atoms with Gasteiger partial charge >= 0.3 is 5.97 Å². The van der Waals surface area contributed by atoms with Crippen molar-refractivity contribution < 1.29 is 9.90 Å². The molecule has 0 aromatic carbocycles. The molecule has 0 aromatic heterocycles. The Morgan fingerprint density at radius 3 is 2.13 bits per heavy atom. The van der Waals surface area contributed by atoms with Gasteiger partial charge in [-0.15, -0.1) is 0 Å². The van der Waals surface area contributed by atoms with Crippen LogP contribution in [0.4, 0.5) is 0 Å². The third kappa shape index (κ3) is 3.84. The van der Waals surface area contributed by atoms with Crippen molar-refractivity contribution in [2.75, 3.05) is 0 Å². The van der Waals surface area contributed by atoms with Gasteiger partial charge in [-0.1, -0.05) is 47.0 Å². The maximum absolute atomic E-state index is 11.4. The largest absolute Gasteiger partial charge is 0.481 e. The molecule has 2 nitrogen and oxygen atoms in total. The van der Waals surface area contributed by atoms with E-state index < -0.39 is 11.4 Å². The Bertz CT molecular complexity index is 199. The Kier molecular flexibility index (Phi) is 5.92. The van der Waals surface area contributed by atoms with Crippen LogP contribution in [0.1, 0.15) is 60.3 Å². The Morgan fingerprint density at radius 1 is 1.27 bits per heavy atom. The van der Waals surface area contributed by atoms with Gasteiger partial charge in [0.2, 0.25) is 0 Å². The van der Waals surface area contributed by atoms with Crippen molar-refractivity contribution in [1.82, 2.24) is 0 Å². The third-order valence-electron chi connectivity index (χ3n) is 3.79. The predicted octanol–water partition coefficient (Wildman–Crippen LogP) is 3.95. The van der Waals surface area contributed by atoms with Crippen molar-refractivity contribution in [2.45, 2.75) is 60.3 Å². The van der Waals surface area contributed by atoms with Crippen LogP contribution in [0.25, 0.3) is 0 Å². The van der Waals surface area contributed by atoms with Gasteiger partial charge in [0.05, 0.1) is 5.41 Å². The van der Waals surface area contributed by atoms with Crippen LogP contribution < -0.4 is 0 Å². The van der Waals surface area contributed by atoms with Crippen molar-refractivity contribution in [1.29, 1.82) is 0 Å². The van der Waals surface area contributed by atoms with Crippen molar-refractivity contribution in [2.24, 2.45) is 17.3 Å². The van der Waals surface area contributed by atoms with Crippen LogP contribution in [-0.2, 0) is 4.79 Å². The van der Waals surface area contributed by atoms with E-state index in [1.807, 2.05) is 6.92 Å². The molecule has 0 saturated carbocycles. The number of hydrogen-bond donors (Lipinski definition) is 1. The highest BCUT2D eigenvalue weighted by molar-refractivity contribution is 5.74. The topological polar surface area (TPSA) is 37.3 Å². The van der Waals surface area contributed by atoms with Gasteiger partial charge in [0, 0.05) is 0 Å². The summed E-state index contributed by atoms with van der Waals surface area (Å²) in [6.07, 6.45) is 4.10. The van der Waals surface area contributed by atoms with E-state index in [-0.39, 0.29) is 5.92 Å². The van der Waals surface area contributed by atoms with Gasteiger partial charge in [-0.2, -0.15) is 0 Å². The van der Waals surface area contributed by atoms with E-state index in [2.05, 4.69) is 27.7 Å². The normalized spacial score (nSPS) is 17.5. The summed E-state index contributed by atoms with van der Waals surface area (Å²) < 4.78 is 0. The van der Waals surface area contributed by atoms with Gasteiger partial charge in [0.1, 0.15) is 0 Å². The molecule has 0 saturated heterocycles. The molecule has 0 aromatic rings. The summed E-state index contributed by atoms with van der Waals surface area (Å²) in [4.78, 5) is 11.4. The van der Waals surface area contributed by atoms with E-state index in [4.69, 9.17) is 0 Å². The van der Waals surface area contributed by atoms with Crippen molar-refractivity contribution in [3.05, 3.63) is 0 Å². The smallest absolute Gasteiger partial charge is 0.309 e. The summed E-state index contributed by atoms with van der Waals surface area (Å²) in [6, 6.07) is 0. The molecule has 15 heavy (non-hydrogen) atoms. The fourth-order valence-electron chi connectivity index (χ4n) is 2.01. The second kappa shape index (κ2) is 6.14. The quantitative estimate of drug-likeness (QED) is 0.651. The molecule has 0 amide bonds. The molecule has 0 heterocycles. The van der Waals surface area contributed by atoms with Crippen LogP contribution in [0.3, 0.4) is 0 Å². The van der Waals surface area contributed by atoms with Crippen LogP contribution in [-0.4, -0.2) is 11.1 Å². The van der Waals surface area contributed by atoms with Crippen LogP contribution >= 0.6 is 0 Å². The summed E-state index contributed by atoms with van der Waals surface area (Å²) in [5, 5.41) is 9.35. The first kappa shape index (κ1) is 14.5. The SMILES string of the molecule is CCCCCC(C)(C(=O)O)C(C)C(C)C. The fraction of sp³-hybridized carbons (Fsp3) is 0.923. The minimum absolute atomic E-state index is 0.229. The number of carboxylic acid groups (broad SMARTS) is 1. The lowest BCUT2D eigenvalue weighted by Gasteiger charge is -2.34. The summed E-state index contributed by atoms with van der Waals surface area (Å²) in [5.74, 6) is 0.0133. The Labute approximate surface area is 94.1 Å². The standard InChI is InChI=1S/C13H26O2/c1-6-7-8-9-13(5,12(14)15)11(4)10(2)3/h10-11H,6-9H2,1-5H3,(H,14,15). The third-order valence-corrected chi connectivity index (χ3v) is 3.79. The average Bonchev–Trinajstić information content (AvgIpc) is 2.16. The van der Waals surface area contributed by atoms with E-state index in [1.165, 1.54) is 0 Å². The first-order chi connectivity index (χ1) is 6.86. The molecule has 2 unspecified atom stereocenters. The van der Waals surface area contributed by atoms with Crippen molar-refractivity contribution in [3.63, 3.8) is 0 Å². The first-order valence-corrected chi connectivity index (χ1v) is 6.09. The number of hydrogen-bond acceptors (Lipinski definition) is 1. The van der Waals surface area contributed by atoms with E-state index in [1.54, 1.807) is 0 Å². The van der Waals surface area contributed by atoms with Gasteiger partial charge in [0.15, 0.2) is 0 Å². The predicted molar refractivity (Wildman–Crippen MR) is 63.9 cm³/mol. The molecule has 1 N–H and O–H groups in total. The molecule has 0 aliphatic carbocycles. The van der Waals surface area contributed by atoms with E-state index in [0.717, 1.165) is 25.7 Å². The lowest BCUT2D eigenvalue weighted by molar-refractivity contribution is -0.152. The summed E-state index contributed by atoms with van der Waals surface area (Å²) >= 11 is 0. The molecular weight excluding hydrogens is 188 g/mol. The minimum atomic E-state index is -0.639. The van der Waals surface area contributed by atoms with E-state index in [0.29, 0.717) is 5.92 Å². The average molecular weight is 214 g/mol. The van der Waals surface area contributed by atoms with Crippen LogP contribution in [0.5, 0.6) is 0 Å². The maximum atomic E-state index is 11.4. The van der Waals surface area contributed by atoms with Crippen LogP contribution in [0.2, 0.25) is 0 Å². The zero-order valence-corrected chi connectivity index (χ0v) is 10.8. The molecular formula is C13H26O2. The summed E-state index contributed by atoms with van der Waals surface area (Å²) in [7, 11) is 0. The lowest BCUT2D eigenvalue weighted by atomic mass is 9.69. The summed E-state index contributed by atoms with van der Waals surface area (Å²) in [5.41, 5.74) is -0.552. The Morgan fingerprint density at radius 2 is 1.80 bits per heavy atom. The highest BCUT2D eigenvalue weighted by Crippen LogP contribution is 2.37. The molecule has 2 heteroatoms. The molecule has 90 valence electrons. The monoisotopic (exact) mass is 214 g/mol. The lowest BCUT2D eigenvalue weighted by Crippen LogP contribution is -2.37. The number of unbranched alkanes of at least 4 members (excludes halogenated alkanes) is 2. The van der Waals surface area contributed by atoms with Crippen LogP contribution in [0, 0.1) is 17.3 Å². The van der Waals surface area contributed by atoms with Gasteiger partial charge in [-0.25, -0.2) is 0 Å². The molecule has 0 fully saturated rings. The number of carboxylic acids is 1. The van der Waals surface area contributed by atoms with Crippen LogP contribution in [0.15, 0.2) is 0 Å². The first-order valence-electron chi connectivity index (χ1n) is 6.09. The molecule has 0 aliphatic heterocycles. The van der Waals surface area contributed by atoms with E-state index in [9.17, 15) is 9.90 Å². The Balaban J connectivity index is 4.52. The van der Waals surface area contributed by atoms with Crippen molar-refractivity contribution >= 4 is 5.97 Å². The zero-order chi connectivity index (χ0) is 12.1. The number of carbonyl (C=O) groups is 1. The second-order valence-electron chi connectivity index (χ2n) is 5.21. The Hall–Kier alpha value is -0.530. The molecule has 0 rings (SSSR count). The molecule has 0 aliphatic rings. The molecule has 0 spiro atoms. The second-order valence-corrected chi connectivity index (χ2v) is 5.21. The van der Waals surface area contributed by atoms with Gasteiger partial charge in [-0.3, -0.25) is 4.79 Å². The van der Waals surface area contributed by atoms with Gasteiger partial charge in [-0.05, 0) is 25.2 Å². The van der Waals surface area contributed by atoms with E-state index >= 15 is 0 Å². The molecule has 2 atom stereocenters. The molecule has 0 radical (unpaired) electrons. The molecule has 0 bridgehead atoms. The summed E-state index contributed by atoms with van der Waals surface area (Å²) in [6.45, 7) is 10.3. The van der Waals surface area contributed by atoms with Crippen molar-refractivity contribution in [3.8, 4) is 0 Å². The van der Waals surface area contributed by atoms with Gasteiger partial charge < -0.3 is 5.11 Å². The zero-order valence-electron chi connectivity index (χ0n) is 10.8. The number of rotatable bonds is 7.